The fraction of sp³-hybridized carbons (Fsp3) is 0. The zero-order valence-electron chi connectivity index (χ0n) is 20.8. The number of hydrogen-bond acceptors (Lipinski definition) is 8. The topological polar surface area (TPSA) is 73.8 Å². The lowest BCUT2D eigenvalue weighted by molar-refractivity contribution is 0.442. The molecular weight excluding hydrogens is 602 g/mol. The summed E-state index contributed by atoms with van der Waals surface area (Å²) in [6.07, 6.45) is 0. The average molecular weight is 616 g/mol. The highest BCUT2D eigenvalue weighted by molar-refractivity contribution is 9.10. The lowest BCUT2D eigenvalue weighted by Crippen LogP contribution is -2.24. The van der Waals surface area contributed by atoms with Gasteiger partial charge in [0.2, 0.25) is 11.8 Å². The molecule has 0 radical (unpaired) electrons. The van der Waals surface area contributed by atoms with Crippen LogP contribution in [0.15, 0.2) is 108 Å². The van der Waals surface area contributed by atoms with Gasteiger partial charge in [-0.05, 0) is 60.7 Å². The number of anilines is 3. The van der Waals surface area contributed by atoms with Crippen LogP contribution < -0.4 is 14.4 Å². The molecule has 0 bridgehead atoms. The molecule has 0 unspecified atom stereocenters. The van der Waals surface area contributed by atoms with Crippen molar-refractivity contribution in [3.63, 3.8) is 0 Å². The second-order valence-corrected chi connectivity index (χ2v) is 11.9. The summed E-state index contributed by atoms with van der Waals surface area (Å²) >= 11 is 5.36. The lowest BCUT2D eigenvalue weighted by Gasteiger charge is -2.42. The quantitative estimate of drug-likeness (QED) is 0.190. The number of para-hydroxylation sites is 4. The Balaban J connectivity index is 1.22. The summed E-state index contributed by atoms with van der Waals surface area (Å²) in [5.74, 6) is 3.89. The smallest absolute Gasteiger partial charge is 0.228 e. The standard InChI is InChI=1S/C32H14BrN3O4S/c33-16-13-25-28-26(14-16)41-30-17(32-35-19-6-2-4-8-21(19)40-32)9-10-22-29(30)36(28)27-23(37-22)11-15(12-24(27)38-25)31-34-18-5-1-3-7-20(18)39-31/h1-14H. The van der Waals surface area contributed by atoms with Gasteiger partial charge in [-0.25, -0.2) is 9.97 Å². The van der Waals surface area contributed by atoms with Gasteiger partial charge in [-0.3, -0.25) is 4.90 Å². The van der Waals surface area contributed by atoms with E-state index < -0.39 is 0 Å². The second-order valence-electron chi connectivity index (χ2n) is 9.98. The highest BCUT2D eigenvalue weighted by atomic mass is 79.9. The molecule has 0 saturated heterocycles. The van der Waals surface area contributed by atoms with Crippen molar-refractivity contribution in [1.82, 2.24) is 9.97 Å². The van der Waals surface area contributed by atoms with Gasteiger partial charge in [-0.2, -0.15) is 0 Å². The SMILES string of the molecule is Brc1cc2c3c(c1)Sc1c(-c4nc5ccccc5o4)ccc4c1N3c1c(cc(-c3nc5ccccc5o3)cc1O4)O2. The minimum atomic E-state index is 0.505. The zero-order valence-corrected chi connectivity index (χ0v) is 23.2. The van der Waals surface area contributed by atoms with Crippen LogP contribution in [0.1, 0.15) is 0 Å². The van der Waals surface area contributed by atoms with Crippen LogP contribution in [0.25, 0.3) is 45.1 Å². The van der Waals surface area contributed by atoms with Crippen LogP contribution >= 0.6 is 27.7 Å². The first-order valence-corrected chi connectivity index (χ1v) is 14.5. The Kier molecular flexibility index (Phi) is 4.14. The van der Waals surface area contributed by atoms with Crippen LogP contribution in [-0.2, 0) is 0 Å². The fourth-order valence-corrected chi connectivity index (χ4v) is 7.63. The number of ether oxygens (including phenoxy) is 2. The Bertz CT molecular complexity index is 2230. The maximum absolute atomic E-state index is 6.59. The number of nitrogens with zero attached hydrogens (tertiary/aromatic N) is 3. The third-order valence-corrected chi connectivity index (χ3v) is 9.13. The largest absolute Gasteiger partial charge is 0.453 e. The molecule has 0 amide bonds. The van der Waals surface area contributed by atoms with Crippen molar-refractivity contribution in [3.8, 4) is 45.9 Å². The number of fused-ring (bicyclic) bond motifs is 2. The van der Waals surface area contributed by atoms with E-state index in [2.05, 4.69) is 26.9 Å². The van der Waals surface area contributed by atoms with Crippen LogP contribution in [-0.4, -0.2) is 9.97 Å². The molecule has 0 saturated carbocycles. The van der Waals surface area contributed by atoms with Crippen molar-refractivity contribution in [1.29, 1.82) is 0 Å². The first-order valence-electron chi connectivity index (χ1n) is 12.9. The predicted octanol–water partition coefficient (Wildman–Crippen LogP) is 10.2. The maximum Gasteiger partial charge on any atom is 0.228 e. The molecule has 2 aromatic heterocycles. The van der Waals surface area contributed by atoms with E-state index in [1.165, 1.54) is 0 Å². The number of benzene rings is 5. The van der Waals surface area contributed by atoms with E-state index in [-0.39, 0.29) is 0 Å². The minimum Gasteiger partial charge on any atom is -0.453 e. The molecule has 7 nitrogen and oxygen atoms in total. The van der Waals surface area contributed by atoms with E-state index in [1.54, 1.807) is 11.8 Å². The molecule has 9 heteroatoms. The molecule has 0 aliphatic carbocycles. The summed E-state index contributed by atoms with van der Waals surface area (Å²) in [5, 5.41) is 0. The predicted molar refractivity (Wildman–Crippen MR) is 159 cm³/mol. The third kappa shape index (κ3) is 2.99. The van der Waals surface area contributed by atoms with E-state index in [4.69, 9.17) is 28.3 Å². The minimum absolute atomic E-state index is 0.505. The van der Waals surface area contributed by atoms with Crippen molar-refractivity contribution in [3.05, 3.63) is 89.4 Å². The lowest BCUT2D eigenvalue weighted by atomic mass is 10.0. The van der Waals surface area contributed by atoms with Gasteiger partial charge in [0.15, 0.2) is 34.2 Å². The van der Waals surface area contributed by atoms with Crippen molar-refractivity contribution in [2.45, 2.75) is 9.79 Å². The van der Waals surface area contributed by atoms with Gasteiger partial charge in [0.05, 0.1) is 10.5 Å². The van der Waals surface area contributed by atoms with E-state index in [0.29, 0.717) is 23.3 Å². The number of rotatable bonds is 2. The highest BCUT2D eigenvalue weighted by Crippen LogP contribution is 2.68. The number of halogens is 1. The number of aromatic nitrogens is 2. The normalized spacial score (nSPS) is 13.7. The first kappa shape index (κ1) is 22.0. The fourth-order valence-electron chi connectivity index (χ4n) is 5.79. The Labute approximate surface area is 244 Å². The van der Waals surface area contributed by atoms with Gasteiger partial charge >= 0.3 is 0 Å². The molecule has 0 spiro atoms. The van der Waals surface area contributed by atoms with Gasteiger partial charge in [0.25, 0.3) is 0 Å². The number of hydrogen-bond donors (Lipinski definition) is 0. The maximum atomic E-state index is 6.59. The van der Waals surface area contributed by atoms with E-state index in [1.807, 2.05) is 78.9 Å². The van der Waals surface area contributed by atoms with Crippen LogP contribution in [0.2, 0.25) is 0 Å². The molecule has 5 heterocycles. The van der Waals surface area contributed by atoms with Gasteiger partial charge < -0.3 is 18.3 Å². The Morgan fingerprint density at radius 2 is 1.29 bits per heavy atom. The summed E-state index contributed by atoms with van der Waals surface area (Å²) in [6, 6.07) is 27.6. The second kappa shape index (κ2) is 7.72. The van der Waals surface area contributed by atoms with Crippen molar-refractivity contribution >= 4 is 67.0 Å². The van der Waals surface area contributed by atoms with Crippen molar-refractivity contribution < 1.29 is 18.3 Å². The molecule has 0 N–H and O–H groups in total. The molecule has 41 heavy (non-hydrogen) atoms. The van der Waals surface area contributed by atoms with E-state index >= 15 is 0 Å². The summed E-state index contributed by atoms with van der Waals surface area (Å²) in [7, 11) is 0. The van der Waals surface area contributed by atoms with Crippen LogP contribution in [0.3, 0.4) is 0 Å². The molecule has 0 fully saturated rings. The summed E-state index contributed by atoms with van der Waals surface area (Å²) < 4.78 is 26.4. The van der Waals surface area contributed by atoms with Crippen molar-refractivity contribution in [2.24, 2.45) is 0 Å². The third-order valence-electron chi connectivity index (χ3n) is 7.53. The Hall–Kier alpha value is -4.73. The summed E-state index contributed by atoms with van der Waals surface area (Å²) in [5.41, 5.74) is 7.53. The van der Waals surface area contributed by atoms with Crippen LogP contribution in [0.4, 0.5) is 17.1 Å². The van der Waals surface area contributed by atoms with Gasteiger partial charge in [0.1, 0.15) is 28.1 Å². The molecule has 0 atom stereocenters. The van der Waals surface area contributed by atoms with Crippen LogP contribution in [0, 0.1) is 0 Å². The monoisotopic (exact) mass is 615 g/mol. The number of oxazole rings is 2. The molecule has 7 aromatic rings. The highest BCUT2D eigenvalue weighted by Gasteiger charge is 2.42. The van der Waals surface area contributed by atoms with Gasteiger partial charge in [0, 0.05) is 14.9 Å². The molecule has 3 aliphatic heterocycles. The summed E-state index contributed by atoms with van der Waals surface area (Å²) in [4.78, 5) is 13.8. The molecule has 194 valence electrons. The molecule has 10 rings (SSSR count). The van der Waals surface area contributed by atoms with E-state index in [0.717, 1.165) is 76.2 Å². The Morgan fingerprint density at radius 3 is 2.05 bits per heavy atom. The van der Waals surface area contributed by atoms with Crippen molar-refractivity contribution in [2.75, 3.05) is 4.90 Å². The Morgan fingerprint density at radius 1 is 0.634 bits per heavy atom. The van der Waals surface area contributed by atoms with Gasteiger partial charge in [-0.1, -0.05) is 52.0 Å². The molecule has 5 aromatic carbocycles. The molecular formula is C32H14BrN3O4S. The zero-order chi connectivity index (χ0) is 26.8. The average Bonchev–Trinajstić information content (AvgIpc) is 3.61. The van der Waals surface area contributed by atoms with Gasteiger partial charge in [-0.15, -0.1) is 0 Å². The van der Waals surface area contributed by atoms with Crippen LogP contribution in [0.5, 0.6) is 23.0 Å². The first-order chi connectivity index (χ1) is 20.2. The molecule has 3 aliphatic rings. The van der Waals surface area contributed by atoms with E-state index in [9.17, 15) is 0 Å². The summed E-state index contributed by atoms with van der Waals surface area (Å²) in [6.45, 7) is 0.